The molecule has 124 valence electrons. The molecule has 5 nitrogen and oxygen atoms in total. The Hall–Kier alpha value is -1.30. The van der Waals surface area contributed by atoms with E-state index in [1.165, 1.54) is 6.42 Å². The average Bonchev–Trinajstić information content (AvgIpc) is 3.10. The Bertz CT molecular complexity index is 722. The number of rotatable bonds is 2. The van der Waals surface area contributed by atoms with Crippen molar-refractivity contribution < 1.29 is 9.84 Å². The van der Waals surface area contributed by atoms with Crippen LogP contribution in [0.5, 0.6) is 0 Å². The highest BCUT2D eigenvalue weighted by Gasteiger charge is 2.32. The van der Waals surface area contributed by atoms with E-state index in [0.29, 0.717) is 11.6 Å². The van der Waals surface area contributed by atoms with Gasteiger partial charge in [0, 0.05) is 25.1 Å². The number of fused-ring (bicyclic) bond motifs is 1. The minimum Gasteiger partial charge on any atom is -0.388 e. The van der Waals surface area contributed by atoms with E-state index in [4.69, 9.17) is 16.3 Å². The molecule has 4 rings (SSSR count). The highest BCUT2D eigenvalue weighted by Crippen LogP contribution is 2.36. The Morgan fingerprint density at radius 3 is 2.96 bits per heavy atom. The summed E-state index contributed by atoms with van der Waals surface area (Å²) in [6, 6.07) is 4.05. The van der Waals surface area contributed by atoms with Gasteiger partial charge in [-0.05, 0) is 44.7 Å². The predicted molar refractivity (Wildman–Crippen MR) is 91.0 cm³/mol. The van der Waals surface area contributed by atoms with Crippen LogP contribution in [-0.2, 0) is 4.74 Å². The molecule has 23 heavy (non-hydrogen) atoms. The smallest absolute Gasteiger partial charge is 0.150 e. The van der Waals surface area contributed by atoms with E-state index < -0.39 is 5.60 Å². The first kappa shape index (κ1) is 15.2. The number of aliphatic hydroxyl groups is 1. The standard InChI is InChI=1S/C17H22ClN3O2/c1-17(22)5-6-20(11-17)15-9-14-12(8-13(15)18)10-19-21(14)16-4-2-3-7-23-16/h8-10,16,22H,2-7,11H2,1H3. The van der Waals surface area contributed by atoms with Crippen LogP contribution in [0.2, 0.25) is 5.02 Å². The number of nitrogens with zero attached hydrogens (tertiary/aromatic N) is 3. The van der Waals surface area contributed by atoms with Gasteiger partial charge in [-0.15, -0.1) is 0 Å². The van der Waals surface area contributed by atoms with Crippen LogP contribution in [0.25, 0.3) is 10.9 Å². The lowest BCUT2D eigenvalue weighted by Gasteiger charge is -2.25. The summed E-state index contributed by atoms with van der Waals surface area (Å²) < 4.78 is 7.85. The lowest BCUT2D eigenvalue weighted by molar-refractivity contribution is -0.0366. The number of aromatic nitrogens is 2. The molecule has 2 fully saturated rings. The van der Waals surface area contributed by atoms with Crippen LogP contribution in [0.4, 0.5) is 5.69 Å². The summed E-state index contributed by atoms with van der Waals surface area (Å²) >= 11 is 6.48. The van der Waals surface area contributed by atoms with E-state index in [2.05, 4.69) is 16.1 Å². The van der Waals surface area contributed by atoms with E-state index in [0.717, 1.165) is 49.0 Å². The highest BCUT2D eigenvalue weighted by atomic mass is 35.5. The van der Waals surface area contributed by atoms with Gasteiger partial charge >= 0.3 is 0 Å². The summed E-state index contributed by atoms with van der Waals surface area (Å²) in [6.07, 6.45) is 5.90. The van der Waals surface area contributed by atoms with E-state index in [9.17, 15) is 5.11 Å². The van der Waals surface area contributed by atoms with Crippen molar-refractivity contribution in [1.29, 1.82) is 0 Å². The molecule has 6 heteroatoms. The third-order valence-electron chi connectivity index (χ3n) is 4.89. The first-order valence-electron chi connectivity index (χ1n) is 8.29. The fraction of sp³-hybridized carbons (Fsp3) is 0.588. The van der Waals surface area contributed by atoms with Gasteiger partial charge in [-0.3, -0.25) is 0 Å². The van der Waals surface area contributed by atoms with Crippen molar-refractivity contribution in [3.8, 4) is 0 Å². The van der Waals surface area contributed by atoms with Crippen molar-refractivity contribution in [2.75, 3.05) is 24.6 Å². The maximum absolute atomic E-state index is 10.2. The summed E-state index contributed by atoms with van der Waals surface area (Å²) in [5, 5.41) is 16.5. The number of hydrogen-bond acceptors (Lipinski definition) is 4. The monoisotopic (exact) mass is 335 g/mol. The van der Waals surface area contributed by atoms with Crippen LogP contribution in [0, 0.1) is 0 Å². The first-order valence-corrected chi connectivity index (χ1v) is 8.67. The zero-order chi connectivity index (χ0) is 16.0. The molecular weight excluding hydrogens is 314 g/mol. The van der Waals surface area contributed by atoms with Crippen molar-refractivity contribution in [2.24, 2.45) is 0 Å². The van der Waals surface area contributed by atoms with Crippen LogP contribution >= 0.6 is 11.6 Å². The molecule has 0 saturated carbocycles. The zero-order valence-corrected chi connectivity index (χ0v) is 14.1. The quantitative estimate of drug-likeness (QED) is 0.914. The zero-order valence-electron chi connectivity index (χ0n) is 13.3. The lowest BCUT2D eigenvalue weighted by Crippen LogP contribution is -2.29. The normalized spacial score (nSPS) is 28.7. The van der Waals surface area contributed by atoms with Gasteiger partial charge in [0.25, 0.3) is 0 Å². The number of benzene rings is 1. The molecule has 2 aromatic rings. The van der Waals surface area contributed by atoms with Crippen molar-refractivity contribution in [2.45, 2.75) is 44.4 Å². The number of ether oxygens (including phenoxy) is 1. The van der Waals surface area contributed by atoms with E-state index >= 15 is 0 Å². The van der Waals surface area contributed by atoms with Crippen molar-refractivity contribution in [3.63, 3.8) is 0 Å². The molecule has 2 atom stereocenters. The number of halogens is 1. The molecule has 2 unspecified atom stereocenters. The van der Waals surface area contributed by atoms with Gasteiger partial charge in [0.05, 0.1) is 28.0 Å². The molecular formula is C17H22ClN3O2. The predicted octanol–water partition coefficient (Wildman–Crippen LogP) is 3.35. The largest absolute Gasteiger partial charge is 0.388 e. The van der Waals surface area contributed by atoms with Gasteiger partial charge < -0.3 is 14.7 Å². The Morgan fingerprint density at radius 2 is 2.26 bits per heavy atom. The molecule has 2 saturated heterocycles. The summed E-state index contributed by atoms with van der Waals surface area (Å²) in [5.74, 6) is 0. The molecule has 0 spiro atoms. The molecule has 2 aliphatic rings. The van der Waals surface area contributed by atoms with Crippen molar-refractivity contribution in [1.82, 2.24) is 9.78 Å². The molecule has 1 aromatic carbocycles. The SMILES string of the molecule is CC1(O)CCN(c2cc3c(cnn3C3CCCCO3)cc2Cl)C1. The molecule has 0 amide bonds. The van der Waals surface area contributed by atoms with Crippen molar-refractivity contribution in [3.05, 3.63) is 23.4 Å². The Kier molecular flexibility index (Phi) is 3.75. The second-order valence-electron chi connectivity index (χ2n) is 6.94. The fourth-order valence-electron chi connectivity index (χ4n) is 3.59. The molecule has 0 radical (unpaired) electrons. The Morgan fingerprint density at radius 1 is 1.39 bits per heavy atom. The second kappa shape index (κ2) is 5.65. The third kappa shape index (κ3) is 2.82. The Labute approximate surface area is 140 Å². The van der Waals surface area contributed by atoms with E-state index in [-0.39, 0.29) is 6.23 Å². The van der Waals surface area contributed by atoms with Crippen molar-refractivity contribution >= 4 is 28.2 Å². The number of hydrogen-bond donors (Lipinski definition) is 1. The maximum atomic E-state index is 10.2. The summed E-state index contributed by atoms with van der Waals surface area (Å²) in [6.45, 7) is 4.08. The van der Waals surface area contributed by atoms with Crippen LogP contribution in [-0.4, -0.2) is 40.2 Å². The van der Waals surface area contributed by atoms with Gasteiger partial charge in [0.1, 0.15) is 0 Å². The molecule has 3 heterocycles. The van der Waals surface area contributed by atoms with Gasteiger partial charge in [0.2, 0.25) is 0 Å². The van der Waals surface area contributed by atoms with E-state index in [1.807, 2.05) is 23.9 Å². The Balaban J connectivity index is 1.73. The molecule has 1 aromatic heterocycles. The van der Waals surface area contributed by atoms with Gasteiger partial charge in [0.15, 0.2) is 6.23 Å². The van der Waals surface area contributed by atoms with Crippen LogP contribution in [0.3, 0.4) is 0 Å². The summed E-state index contributed by atoms with van der Waals surface area (Å²) in [5.41, 5.74) is 1.36. The van der Waals surface area contributed by atoms with Crippen LogP contribution in [0.15, 0.2) is 18.3 Å². The first-order chi connectivity index (χ1) is 11.0. The van der Waals surface area contributed by atoms with Crippen LogP contribution < -0.4 is 4.90 Å². The number of anilines is 1. The summed E-state index contributed by atoms with van der Waals surface area (Å²) in [7, 11) is 0. The van der Waals surface area contributed by atoms with Gasteiger partial charge in [-0.1, -0.05) is 11.6 Å². The summed E-state index contributed by atoms with van der Waals surface area (Å²) in [4.78, 5) is 2.15. The third-order valence-corrected chi connectivity index (χ3v) is 5.19. The molecule has 0 aliphatic carbocycles. The molecule has 0 bridgehead atoms. The molecule has 1 N–H and O–H groups in total. The fourth-order valence-corrected chi connectivity index (χ4v) is 3.89. The minimum atomic E-state index is -0.648. The topological polar surface area (TPSA) is 50.5 Å². The van der Waals surface area contributed by atoms with Gasteiger partial charge in [-0.2, -0.15) is 5.10 Å². The highest BCUT2D eigenvalue weighted by molar-refractivity contribution is 6.34. The van der Waals surface area contributed by atoms with E-state index in [1.54, 1.807) is 0 Å². The number of β-amino-alcohol motifs (C(OH)–C–C–N with tert-alkyl or cyclic N) is 1. The average molecular weight is 336 g/mol. The maximum Gasteiger partial charge on any atom is 0.150 e. The van der Waals surface area contributed by atoms with Gasteiger partial charge in [-0.25, -0.2) is 4.68 Å². The molecule has 2 aliphatic heterocycles. The minimum absolute atomic E-state index is 0.0111. The second-order valence-corrected chi connectivity index (χ2v) is 7.35. The lowest BCUT2D eigenvalue weighted by atomic mass is 10.1. The van der Waals surface area contributed by atoms with Crippen LogP contribution in [0.1, 0.15) is 38.8 Å².